The van der Waals surface area contributed by atoms with Crippen LogP contribution in [0.5, 0.6) is 0 Å². The molecule has 0 spiro atoms. The third-order valence-electron chi connectivity index (χ3n) is 3.91. The Labute approximate surface area is 108 Å². The molecule has 0 saturated carbocycles. The molecule has 0 bridgehead atoms. The van der Waals surface area contributed by atoms with Crippen molar-refractivity contribution in [3.05, 3.63) is 23.7 Å². The first kappa shape index (κ1) is 13.1. The summed E-state index contributed by atoms with van der Waals surface area (Å²) >= 11 is 0. The van der Waals surface area contributed by atoms with E-state index >= 15 is 0 Å². The Hall–Kier alpha value is -1.29. The molecular weight excluding hydrogens is 228 g/mol. The number of carbonyl (C=O) groups is 1. The van der Waals surface area contributed by atoms with Gasteiger partial charge in [0.05, 0.1) is 12.0 Å². The molecule has 0 aliphatic carbocycles. The summed E-state index contributed by atoms with van der Waals surface area (Å²) in [5, 5.41) is 3.30. The third-order valence-corrected chi connectivity index (χ3v) is 3.91. The lowest BCUT2D eigenvalue weighted by atomic mass is 9.83. The van der Waals surface area contributed by atoms with Gasteiger partial charge in [0.2, 0.25) is 5.91 Å². The number of rotatable bonds is 4. The van der Waals surface area contributed by atoms with E-state index in [4.69, 9.17) is 4.42 Å². The predicted molar refractivity (Wildman–Crippen MR) is 70.1 cm³/mol. The van der Waals surface area contributed by atoms with Gasteiger partial charge in [0.1, 0.15) is 11.5 Å². The summed E-state index contributed by atoms with van der Waals surface area (Å²) < 4.78 is 5.52. The van der Waals surface area contributed by atoms with Crippen molar-refractivity contribution in [1.29, 1.82) is 0 Å². The number of aryl methyl sites for hydroxylation is 1. The van der Waals surface area contributed by atoms with Crippen LogP contribution >= 0.6 is 0 Å². The zero-order chi connectivity index (χ0) is 13.2. The van der Waals surface area contributed by atoms with Crippen molar-refractivity contribution in [2.45, 2.75) is 33.2 Å². The number of carbonyl (C=O) groups excluding carboxylic acids is 1. The summed E-state index contributed by atoms with van der Waals surface area (Å²) in [5.74, 6) is 1.96. The van der Waals surface area contributed by atoms with E-state index < -0.39 is 0 Å². The summed E-state index contributed by atoms with van der Waals surface area (Å²) in [6, 6.07) is 3.87. The molecule has 100 valence electrons. The second-order valence-electron chi connectivity index (χ2n) is 5.23. The first-order valence-electron chi connectivity index (χ1n) is 6.59. The van der Waals surface area contributed by atoms with Gasteiger partial charge in [0.25, 0.3) is 0 Å². The monoisotopic (exact) mass is 250 g/mol. The predicted octanol–water partition coefficient (Wildman–Crippen LogP) is 1.94. The Kier molecular flexibility index (Phi) is 3.76. The van der Waals surface area contributed by atoms with Crippen LogP contribution in [0, 0.1) is 12.3 Å². The molecule has 0 radical (unpaired) electrons. The topological polar surface area (TPSA) is 45.5 Å². The number of nitrogens with zero attached hydrogens (tertiary/aromatic N) is 1. The average Bonchev–Trinajstić information content (AvgIpc) is 2.98. The van der Waals surface area contributed by atoms with Crippen molar-refractivity contribution in [3.63, 3.8) is 0 Å². The lowest BCUT2D eigenvalue weighted by Gasteiger charge is -2.30. The number of amides is 1. The minimum absolute atomic E-state index is 0.212. The second kappa shape index (κ2) is 5.14. The molecule has 1 aromatic heterocycles. The van der Waals surface area contributed by atoms with Crippen LogP contribution in [0.25, 0.3) is 0 Å². The van der Waals surface area contributed by atoms with Gasteiger partial charge < -0.3 is 14.6 Å². The highest BCUT2D eigenvalue weighted by Gasteiger charge is 2.41. The largest absolute Gasteiger partial charge is 0.464 e. The molecule has 2 rings (SSSR count). The van der Waals surface area contributed by atoms with Gasteiger partial charge in [0, 0.05) is 13.6 Å². The van der Waals surface area contributed by atoms with E-state index in [0.717, 1.165) is 37.5 Å². The Bertz CT molecular complexity index is 419. The lowest BCUT2D eigenvalue weighted by molar-refractivity contribution is -0.140. The molecule has 4 heteroatoms. The molecule has 1 unspecified atom stereocenters. The highest BCUT2D eigenvalue weighted by atomic mass is 16.3. The van der Waals surface area contributed by atoms with Gasteiger partial charge in [0.15, 0.2) is 0 Å². The van der Waals surface area contributed by atoms with Crippen molar-refractivity contribution >= 4 is 5.91 Å². The smallest absolute Gasteiger partial charge is 0.230 e. The van der Waals surface area contributed by atoms with Crippen molar-refractivity contribution in [1.82, 2.24) is 10.2 Å². The van der Waals surface area contributed by atoms with Gasteiger partial charge in [-0.1, -0.05) is 6.92 Å². The molecule has 1 atom stereocenters. The Morgan fingerprint density at radius 1 is 1.56 bits per heavy atom. The van der Waals surface area contributed by atoms with Gasteiger partial charge >= 0.3 is 0 Å². The van der Waals surface area contributed by atoms with Crippen LogP contribution in [0.3, 0.4) is 0 Å². The molecule has 0 aromatic carbocycles. The zero-order valence-corrected chi connectivity index (χ0v) is 11.5. The highest BCUT2D eigenvalue weighted by molar-refractivity contribution is 5.83. The van der Waals surface area contributed by atoms with Crippen molar-refractivity contribution in [2.75, 3.05) is 20.1 Å². The Balaban J connectivity index is 2.04. The third kappa shape index (κ3) is 2.43. The standard InChI is InChI=1S/C14H22N2O2/c1-4-14(7-8-15-10-14)13(17)16(3)9-12-6-5-11(2)18-12/h5-6,15H,4,7-10H2,1-3H3. The van der Waals surface area contributed by atoms with Crippen LogP contribution in [0.2, 0.25) is 0 Å². The van der Waals surface area contributed by atoms with E-state index in [2.05, 4.69) is 12.2 Å². The summed E-state index contributed by atoms with van der Waals surface area (Å²) in [6.45, 7) is 6.29. The highest BCUT2D eigenvalue weighted by Crippen LogP contribution is 2.31. The summed E-state index contributed by atoms with van der Waals surface area (Å²) in [4.78, 5) is 14.3. The number of hydrogen-bond acceptors (Lipinski definition) is 3. The molecule has 1 aromatic rings. The number of furan rings is 1. The fraction of sp³-hybridized carbons (Fsp3) is 0.643. The van der Waals surface area contributed by atoms with Gasteiger partial charge in [-0.2, -0.15) is 0 Å². The molecule has 1 N–H and O–H groups in total. The van der Waals surface area contributed by atoms with Gasteiger partial charge in [-0.05, 0) is 38.4 Å². The van der Waals surface area contributed by atoms with Gasteiger partial charge in [-0.25, -0.2) is 0 Å². The maximum absolute atomic E-state index is 12.6. The molecule has 1 aliphatic heterocycles. The fourth-order valence-corrected chi connectivity index (χ4v) is 2.66. The van der Waals surface area contributed by atoms with Crippen LogP contribution in [-0.2, 0) is 11.3 Å². The lowest BCUT2D eigenvalue weighted by Crippen LogP contribution is -2.42. The number of hydrogen-bond donors (Lipinski definition) is 1. The fourth-order valence-electron chi connectivity index (χ4n) is 2.66. The van der Waals surface area contributed by atoms with Crippen LogP contribution in [-0.4, -0.2) is 30.9 Å². The molecule has 1 aliphatic rings. The summed E-state index contributed by atoms with van der Waals surface area (Å²) in [7, 11) is 1.86. The van der Waals surface area contributed by atoms with Crippen LogP contribution in [0.1, 0.15) is 31.3 Å². The van der Waals surface area contributed by atoms with E-state index in [1.807, 2.05) is 26.1 Å². The molecule has 1 saturated heterocycles. The average molecular weight is 250 g/mol. The normalized spacial score (nSPS) is 23.3. The van der Waals surface area contributed by atoms with Crippen LogP contribution in [0.15, 0.2) is 16.5 Å². The maximum Gasteiger partial charge on any atom is 0.230 e. The first-order valence-corrected chi connectivity index (χ1v) is 6.59. The van der Waals surface area contributed by atoms with E-state index in [-0.39, 0.29) is 11.3 Å². The SMILES string of the molecule is CCC1(C(=O)N(C)Cc2ccc(C)o2)CCNC1. The van der Waals surface area contributed by atoms with Gasteiger partial charge in [-0.3, -0.25) is 4.79 Å². The van der Waals surface area contributed by atoms with Crippen molar-refractivity contribution < 1.29 is 9.21 Å². The van der Waals surface area contributed by atoms with E-state index in [0.29, 0.717) is 6.54 Å². The van der Waals surface area contributed by atoms with E-state index in [1.165, 1.54) is 0 Å². The molecule has 2 heterocycles. The molecule has 18 heavy (non-hydrogen) atoms. The Morgan fingerprint density at radius 2 is 2.33 bits per heavy atom. The number of nitrogens with one attached hydrogen (secondary N) is 1. The van der Waals surface area contributed by atoms with Crippen LogP contribution < -0.4 is 5.32 Å². The van der Waals surface area contributed by atoms with Crippen molar-refractivity contribution in [2.24, 2.45) is 5.41 Å². The first-order chi connectivity index (χ1) is 8.57. The molecule has 4 nitrogen and oxygen atoms in total. The van der Waals surface area contributed by atoms with Gasteiger partial charge in [-0.15, -0.1) is 0 Å². The minimum Gasteiger partial charge on any atom is -0.464 e. The summed E-state index contributed by atoms with van der Waals surface area (Å²) in [6.07, 6.45) is 1.82. The van der Waals surface area contributed by atoms with Crippen molar-refractivity contribution in [3.8, 4) is 0 Å². The molecule has 1 fully saturated rings. The summed E-state index contributed by atoms with van der Waals surface area (Å²) in [5.41, 5.74) is -0.212. The van der Waals surface area contributed by atoms with E-state index in [9.17, 15) is 4.79 Å². The molecule has 1 amide bonds. The zero-order valence-electron chi connectivity index (χ0n) is 11.5. The van der Waals surface area contributed by atoms with Crippen LogP contribution in [0.4, 0.5) is 0 Å². The minimum atomic E-state index is -0.212. The maximum atomic E-state index is 12.6. The Morgan fingerprint density at radius 3 is 2.83 bits per heavy atom. The second-order valence-corrected chi connectivity index (χ2v) is 5.23. The molecular formula is C14H22N2O2. The van der Waals surface area contributed by atoms with E-state index in [1.54, 1.807) is 4.90 Å². The quantitative estimate of drug-likeness (QED) is 0.888.